The van der Waals surface area contributed by atoms with Crippen molar-refractivity contribution in [2.45, 2.75) is 39.0 Å². The van der Waals surface area contributed by atoms with Crippen molar-refractivity contribution in [3.05, 3.63) is 101 Å². The van der Waals surface area contributed by atoms with Gasteiger partial charge in [-0.05, 0) is 47.2 Å². The number of hydrogen-bond donors (Lipinski definition) is 2. The number of Topliss-reactive ketones (excluding diaryl/α,β-unsaturated/α-hetero) is 1. The summed E-state index contributed by atoms with van der Waals surface area (Å²) in [6.45, 7) is 2.02. The van der Waals surface area contributed by atoms with E-state index in [0.29, 0.717) is 19.3 Å². The molecule has 1 aliphatic heterocycles. The quantitative estimate of drug-likeness (QED) is 0.480. The number of nitrogens with one attached hydrogen (secondary N) is 2. The summed E-state index contributed by atoms with van der Waals surface area (Å²) in [6, 6.07) is 26.8. The van der Waals surface area contributed by atoms with Crippen LogP contribution in [0.4, 0.5) is 5.69 Å². The van der Waals surface area contributed by atoms with E-state index in [1.54, 1.807) is 0 Å². The van der Waals surface area contributed by atoms with Gasteiger partial charge in [-0.25, -0.2) is 5.43 Å². The smallest absolute Gasteiger partial charge is 0.240 e. The maximum Gasteiger partial charge on any atom is 0.240 e. The summed E-state index contributed by atoms with van der Waals surface area (Å²) in [5.74, 6) is 0.261. The van der Waals surface area contributed by atoms with Crippen LogP contribution in [0.2, 0.25) is 0 Å². The number of ketones is 1. The zero-order chi connectivity index (χ0) is 24.2. The highest BCUT2D eigenvalue weighted by molar-refractivity contribution is 6.06. The van der Waals surface area contributed by atoms with E-state index in [1.807, 2.05) is 49.4 Å². The molecule has 5 nitrogen and oxygen atoms in total. The standard InChI is InChI=1S/C30H29N3O2/c1-20-17-29(35)32-33-30(20)23-13-15-25(16-14-23)31-27-11-6-12-28(34)26(27)19-21-7-5-10-24(18-21)22-8-3-2-4-9-22/h2-5,7-10,13-16,18,20,31H,6,11-12,17,19H2,1H3,(H,32,35). The van der Waals surface area contributed by atoms with Crippen molar-refractivity contribution in [3.63, 3.8) is 0 Å². The summed E-state index contributed by atoms with van der Waals surface area (Å²) in [6.07, 6.45) is 3.38. The molecule has 176 valence electrons. The monoisotopic (exact) mass is 463 g/mol. The van der Waals surface area contributed by atoms with Gasteiger partial charge in [0.05, 0.1) is 5.71 Å². The molecule has 0 bridgehead atoms. The van der Waals surface area contributed by atoms with Crippen LogP contribution >= 0.6 is 0 Å². The first-order chi connectivity index (χ1) is 17.1. The van der Waals surface area contributed by atoms with E-state index < -0.39 is 0 Å². The average Bonchev–Trinajstić information content (AvgIpc) is 2.87. The molecular weight excluding hydrogens is 434 g/mol. The van der Waals surface area contributed by atoms with Crippen molar-refractivity contribution in [2.24, 2.45) is 11.0 Å². The molecular formula is C30H29N3O2. The molecule has 5 heteroatoms. The molecule has 1 atom stereocenters. The number of rotatable bonds is 6. The number of carbonyl (C=O) groups is 2. The summed E-state index contributed by atoms with van der Waals surface area (Å²) in [7, 11) is 0. The molecule has 1 heterocycles. The Balaban J connectivity index is 1.37. The van der Waals surface area contributed by atoms with Gasteiger partial charge in [0.2, 0.25) is 5.91 Å². The lowest BCUT2D eigenvalue weighted by atomic mass is 9.89. The van der Waals surface area contributed by atoms with Crippen molar-refractivity contribution < 1.29 is 9.59 Å². The van der Waals surface area contributed by atoms with Crippen LogP contribution < -0.4 is 10.7 Å². The third-order valence-corrected chi connectivity index (χ3v) is 6.68. The SMILES string of the molecule is CC1CC(=O)NN=C1c1ccc(NC2=C(Cc3cccc(-c4ccccc4)c3)C(=O)CCC2)cc1. The molecule has 2 N–H and O–H groups in total. The van der Waals surface area contributed by atoms with E-state index in [0.717, 1.165) is 52.2 Å². The van der Waals surface area contributed by atoms with Gasteiger partial charge in [-0.1, -0.05) is 73.7 Å². The molecule has 0 saturated heterocycles. The fraction of sp³-hybridized carbons (Fsp3) is 0.233. The summed E-state index contributed by atoms with van der Waals surface area (Å²) >= 11 is 0. The Bertz CT molecular complexity index is 1310. The van der Waals surface area contributed by atoms with Gasteiger partial charge in [0.15, 0.2) is 5.78 Å². The second kappa shape index (κ2) is 10.1. The zero-order valence-corrected chi connectivity index (χ0v) is 19.9. The molecule has 1 amide bonds. The van der Waals surface area contributed by atoms with Crippen LogP contribution in [-0.2, 0) is 16.0 Å². The number of amides is 1. The maximum absolute atomic E-state index is 12.9. The van der Waals surface area contributed by atoms with Gasteiger partial charge in [0, 0.05) is 42.1 Å². The van der Waals surface area contributed by atoms with Gasteiger partial charge in [-0.2, -0.15) is 5.10 Å². The summed E-state index contributed by atoms with van der Waals surface area (Å²) in [5.41, 5.74) is 10.8. The topological polar surface area (TPSA) is 70.6 Å². The second-order valence-electron chi connectivity index (χ2n) is 9.32. The highest BCUT2D eigenvalue weighted by Gasteiger charge is 2.23. The largest absolute Gasteiger partial charge is 0.359 e. The predicted molar refractivity (Wildman–Crippen MR) is 140 cm³/mol. The Labute approximate surface area is 206 Å². The lowest BCUT2D eigenvalue weighted by molar-refractivity contribution is -0.122. The first-order valence-electron chi connectivity index (χ1n) is 12.2. The minimum Gasteiger partial charge on any atom is -0.359 e. The third kappa shape index (κ3) is 5.24. The average molecular weight is 464 g/mol. The van der Waals surface area contributed by atoms with Crippen molar-refractivity contribution in [1.82, 2.24) is 5.43 Å². The molecule has 2 aliphatic rings. The van der Waals surface area contributed by atoms with Crippen LogP contribution in [0.25, 0.3) is 11.1 Å². The fourth-order valence-corrected chi connectivity index (χ4v) is 4.84. The van der Waals surface area contributed by atoms with Crippen LogP contribution in [0.3, 0.4) is 0 Å². The van der Waals surface area contributed by atoms with Crippen molar-refractivity contribution in [2.75, 3.05) is 5.32 Å². The van der Waals surface area contributed by atoms with Gasteiger partial charge >= 0.3 is 0 Å². The molecule has 1 aliphatic carbocycles. The number of hydrogen-bond acceptors (Lipinski definition) is 4. The molecule has 5 rings (SSSR count). The lowest BCUT2D eigenvalue weighted by Crippen LogP contribution is -2.31. The molecule has 35 heavy (non-hydrogen) atoms. The third-order valence-electron chi connectivity index (χ3n) is 6.68. The van der Waals surface area contributed by atoms with Crippen LogP contribution in [0.15, 0.2) is 95.2 Å². The van der Waals surface area contributed by atoms with E-state index in [-0.39, 0.29) is 17.6 Å². The molecule has 0 radical (unpaired) electrons. The first-order valence-corrected chi connectivity index (χ1v) is 12.2. The van der Waals surface area contributed by atoms with Crippen LogP contribution in [0, 0.1) is 5.92 Å². The Hall–Kier alpha value is -3.99. The molecule has 3 aromatic carbocycles. The van der Waals surface area contributed by atoms with Crippen molar-refractivity contribution in [3.8, 4) is 11.1 Å². The Morgan fingerprint density at radius 3 is 2.43 bits per heavy atom. The number of carbonyl (C=O) groups excluding carboxylic acids is 2. The van der Waals surface area contributed by atoms with Crippen molar-refractivity contribution in [1.29, 1.82) is 0 Å². The van der Waals surface area contributed by atoms with Crippen LogP contribution in [-0.4, -0.2) is 17.4 Å². The van der Waals surface area contributed by atoms with E-state index in [1.165, 1.54) is 5.56 Å². The van der Waals surface area contributed by atoms with Gasteiger partial charge in [0.25, 0.3) is 0 Å². The molecule has 0 aromatic heterocycles. The van der Waals surface area contributed by atoms with Gasteiger partial charge < -0.3 is 5.32 Å². The first kappa shape index (κ1) is 22.8. The van der Waals surface area contributed by atoms with E-state index >= 15 is 0 Å². The van der Waals surface area contributed by atoms with Gasteiger partial charge in [-0.15, -0.1) is 0 Å². The minimum atomic E-state index is -0.0460. The second-order valence-corrected chi connectivity index (χ2v) is 9.32. The molecule has 1 unspecified atom stereocenters. The highest BCUT2D eigenvalue weighted by Crippen LogP contribution is 2.29. The number of nitrogens with zero attached hydrogens (tertiary/aromatic N) is 1. The minimum absolute atomic E-state index is 0.0460. The number of benzene rings is 3. The molecule has 0 fully saturated rings. The fourth-order valence-electron chi connectivity index (χ4n) is 4.84. The molecule has 3 aromatic rings. The Kier molecular flexibility index (Phi) is 6.57. The Morgan fingerprint density at radius 2 is 1.66 bits per heavy atom. The Morgan fingerprint density at radius 1 is 0.886 bits per heavy atom. The summed E-state index contributed by atoms with van der Waals surface area (Å²) in [4.78, 5) is 24.5. The lowest BCUT2D eigenvalue weighted by Gasteiger charge is -2.22. The van der Waals surface area contributed by atoms with E-state index in [4.69, 9.17) is 0 Å². The van der Waals surface area contributed by atoms with Crippen LogP contribution in [0.5, 0.6) is 0 Å². The van der Waals surface area contributed by atoms with Gasteiger partial charge in [-0.3, -0.25) is 9.59 Å². The molecule has 0 spiro atoms. The van der Waals surface area contributed by atoms with E-state index in [9.17, 15) is 9.59 Å². The van der Waals surface area contributed by atoms with E-state index in [2.05, 4.69) is 52.2 Å². The van der Waals surface area contributed by atoms with Crippen molar-refractivity contribution >= 4 is 23.1 Å². The summed E-state index contributed by atoms with van der Waals surface area (Å²) < 4.78 is 0. The number of anilines is 1. The summed E-state index contributed by atoms with van der Waals surface area (Å²) in [5, 5.41) is 7.77. The number of allylic oxidation sites excluding steroid dienone is 2. The maximum atomic E-state index is 12.9. The normalized spacial score (nSPS) is 18.2. The van der Waals surface area contributed by atoms with Gasteiger partial charge in [0.1, 0.15) is 0 Å². The predicted octanol–water partition coefficient (Wildman–Crippen LogP) is 5.88. The highest BCUT2D eigenvalue weighted by atomic mass is 16.2. The molecule has 0 saturated carbocycles. The zero-order valence-electron chi connectivity index (χ0n) is 19.9. The number of hydrazone groups is 1. The van der Waals surface area contributed by atoms with Crippen LogP contribution in [0.1, 0.15) is 43.7 Å².